The second kappa shape index (κ2) is 15.2. The van der Waals surface area contributed by atoms with Crippen LogP contribution in [0.1, 0.15) is 93.3 Å². The van der Waals surface area contributed by atoms with E-state index in [9.17, 15) is 14.7 Å². The van der Waals surface area contributed by atoms with Crippen molar-refractivity contribution in [1.82, 2.24) is 9.88 Å². The molecule has 1 aromatic heterocycles. The van der Waals surface area contributed by atoms with Gasteiger partial charge in [0.2, 0.25) is 5.91 Å². The van der Waals surface area contributed by atoms with Gasteiger partial charge in [0.15, 0.2) is 0 Å². The fraction of sp³-hybridized carbons (Fsp3) is 0.389. The quantitative estimate of drug-likeness (QED) is 0.129. The number of hydrogen-bond acceptors (Lipinski definition) is 3. The number of carboxylic acid groups (broad SMARTS) is 1. The summed E-state index contributed by atoms with van der Waals surface area (Å²) >= 11 is 0. The van der Waals surface area contributed by atoms with Gasteiger partial charge in [0.1, 0.15) is 18.9 Å². The Hall–Kier alpha value is -4.06. The third kappa shape index (κ3) is 8.48. The first-order chi connectivity index (χ1) is 20.4. The van der Waals surface area contributed by atoms with Gasteiger partial charge in [0.25, 0.3) is 0 Å². The van der Waals surface area contributed by atoms with Crippen molar-refractivity contribution in [2.45, 2.75) is 84.2 Å². The number of allylic oxidation sites excluding steroid dienone is 9. The summed E-state index contributed by atoms with van der Waals surface area (Å²) in [5.41, 5.74) is 4.26. The van der Waals surface area contributed by atoms with Crippen molar-refractivity contribution in [3.63, 3.8) is 0 Å². The first kappa shape index (κ1) is 30.9. The molecule has 1 unspecified atom stereocenters. The van der Waals surface area contributed by atoms with Crippen molar-refractivity contribution in [2.75, 3.05) is 6.61 Å². The number of fused-ring (bicyclic) bond motifs is 1. The molecule has 0 spiro atoms. The molecule has 2 aliphatic carbocycles. The van der Waals surface area contributed by atoms with Crippen molar-refractivity contribution in [3.8, 4) is 0 Å². The van der Waals surface area contributed by atoms with E-state index in [1.165, 1.54) is 5.57 Å². The van der Waals surface area contributed by atoms with Crippen LogP contribution in [-0.2, 0) is 16.1 Å². The fourth-order valence-corrected chi connectivity index (χ4v) is 5.34. The summed E-state index contributed by atoms with van der Waals surface area (Å²) in [4.78, 5) is 25.0. The lowest BCUT2D eigenvalue weighted by molar-refractivity contribution is -0.121. The summed E-state index contributed by atoms with van der Waals surface area (Å²) in [5, 5.41) is 13.8. The van der Waals surface area contributed by atoms with E-state index in [1.807, 2.05) is 66.2 Å². The van der Waals surface area contributed by atoms with Gasteiger partial charge in [-0.2, -0.15) is 0 Å². The highest BCUT2D eigenvalue weighted by Gasteiger charge is 2.26. The zero-order valence-electron chi connectivity index (χ0n) is 25.1. The number of benzene rings is 1. The van der Waals surface area contributed by atoms with Crippen LogP contribution in [0.5, 0.6) is 0 Å². The molecule has 2 aliphatic rings. The molecule has 1 atom stereocenters. The number of aromatic nitrogens is 1. The molecule has 42 heavy (non-hydrogen) atoms. The third-order valence-corrected chi connectivity index (χ3v) is 7.71. The van der Waals surface area contributed by atoms with Crippen molar-refractivity contribution < 1.29 is 19.4 Å². The Bertz CT molecular complexity index is 1450. The minimum absolute atomic E-state index is 0.0526. The van der Waals surface area contributed by atoms with Crippen molar-refractivity contribution in [2.24, 2.45) is 0 Å². The fourth-order valence-electron chi connectivity index (χ4n) is 5.34. The van der Waals surface area contributed by atoms with Crippen LogP contribution in [0.3, 0.4) is 0 Å². The molecular weight excluding hydrogens is 524 g/mol. The van der Waals surface area contributed by atoms with Gasteiger partial charge < -0.3 is 19.7 Å². The van der Waals surface area contributed by atoms with Crippen LogP contribution in [0.2, 0.25) is 0 Å². The Balaban J connectivity index is 1.73. The molecular formula is C36H44N2O4. The molecule has 2 aromatic rings. The monoisotopic (exact) mass is 568 g/mol. The van der Waals surface area contributed by atoms with Gasteiger partial charge in [-0.05, 0) is 80.0 Å². The lowest BCUT2D eigenvalue weighted by Crippen LogP contribution is -2.29. The Morgan fingerprint density at radius 3 is 2.76 bits per heavy atom. The number of carbonyl (C=O) groups excluding carboxylic acids is 1. The number of rotatable bonds is 15. The zero-order chi connectivity index (χ0) is 29.9. The SMILES string of the molecule is C\C=C/C(=C\C=C\c1c(C(C)CCCCC)c2ccc(C(=O)O)cc2n1CC(=O)NC1CC1)OCC1=CC=CC=CC1. The van der Waals surface area contributed by atoms with Gasteiger partial charge in [0, 0.05) is 17.1 Å². The van der Waals surface area contributed by atoms with Gasteiger partial charge in [-0.1, -0.05) is 81.7 Å². The second-order valence-electron chi connectivity index (χ2n) is 11.2. The molecule has 0 radical (unpaired) electrons. The molecule has 4 rings (SSSR count). The van der Waals surface area contributed by atoms with E-state index >= 15 is 0 Å². The number of aromatic carboxylic acids is 1. The highest BCUT2D eigenvalue weighted by Crippen LogP contribution is 2.36. The van der Waals surface area contributed by atoms with Crippen LogP contribution < -0.4 is 5.32 Å². The van der Waals surface area contributed by atoms with Gasteiger partial charge in [0.05, 0.1) is 11.1 Å². The van der Waals surface area contributed by atoms with E-state index in [2.05, 4.69) is 31.3 Å². The van der Waals surface area contributed by atoms with E-state index in [4.69, 9.17) is 4.74 Å². The predicted octanol–water partition coefficient (Wildman–Crippen LogP) is 8.23. The number of ether oxygens (including phenoxy) is 1. The summed E-state index contributed by atoms with van der Waals surface area (Å²) in [6.45, 7) is 7.03. The van der Waals surface area contributed by atoms with E-state index < -0.39 is 5.97 Å². The molecule has 1 heterocycles. The van der Waals surface area contributed by atoms with E-state index in [0.717, 1.165) is 72.9 Å². The van der Waals surface area contributed by atoms with Crippen LogP contribution in [0.15, 0.2) is 84.2 Å². The summed E-state index contributed by atoms with van der Waals surface area (Å²) in [7, 11) is 0. The number of nitrogens with one attached hydrogen (secondary N) is 1. The van der Waals surface area contributed by atoms with Gasteiger partial charge in [-0.3, -0.25) is 4.79 Å². The Kier molecular flexibility index (Phi) is 11.2. The number of carbonyl (C=O) groups is 2. The van der Waals surface area contributed by atoms with Crippen LogP contribution >= 0.6 is 0 Å². The summed E-state index contributed by atoms with van der Waals surface area (Å²) in [5.74, 6) is -0.0527. The number of amides is 1. The van der Waals surface area contributed by atoms with Crippen LogP contribution in [-0.4, -0.2) is 34.2 Å². The zero-order valence-corrected chi connectivity index (χ0v) is 25.1. The van der Waals surface area contributed by atoms with E-state index in [-0.39, 0.29) is 30.0 Å². The molecule has 2 N–H and O–H groups in total. The number of hydrogen-bond donors (Lipinski definition) is 2. The summed E-state index contributed by atoms with van der Waals surface area (Å²) in [6, 6.07) is 5.53. The average molecular weight is 569 g/mol. The molecule has 0 bridgehead atoms. The molecule has 0 saturated heterocycles. The first-order valence-corrected chi connectivity index (χ1v) is 15.2. The maximum absolute atomic E-state index is 13.1. The lowest BCUT2D eigenvalue weighted by Gasteiger charge is -2.14. The van der Waals surface area contributed by atoms with Gasteiger partial charge in [-0.25, -0.2) is 4.79 Å². The minimum Gasteiger partial charge on any atom is -0.489 e. The number of carboxylic acids is 1. The summed E-state index contributed by atoms with van der Waals surface area (Å²) < 4.78 is 8.14. The van der Waals surface area contributed by atoms with Crippen LogP contribution in [0, 0.1) is 0 Å². The third-order valence-electron chi connectivity index (χ3n) is 7.71. The molecule has 6 nitrogen and oxygen atoms in total. The minimum atomic E-state index is -0.979. The van der Waals surface area contributed by atoms with Crippen molar-refractivity contribution in [1.29, 1.82) is 0 Å². The first-order valence-electron chi connectivity index (χ1n) is 15.2. The van der Waals surface area contributed by atoms with Gasteiger partial charge in [-0.15, -0.1) is 0 Å². The van der Waals surface area contributed by atoms with Gasteiger partial charge >= 0.3 is 5.97 Å². The average Bonchev–Trinajstić information content (AvgIpc) is 3.78. The molecule has 1 fully saturated rings. The predicted molar refractivity (Wildman–Crippen MR) is 171 cm³/mol. The largest absolute Gasteiger partial charge is 0.489 e. The number of unbranched alkanes of at least 4 members (excludes halogenated alkanes) is 2. The molecule has 6 heteroatoms. The van der Waals surface area contributed by atoms with Crippen LogP contribution in [0.25, 0.3) is 17.0 Å². The van der Waals surface area contributed by atoms with Crippen molar-refractivity contribution >= 4 is 28.9 Å². The number of nitrogens with zero attached hydrogens (tertiary/aromatic N) is 1. The molecule has 0 aliphatic heterocycles. The Morgan fingerprint density at radius 2 is 2.02 bits per heavy atom. The maximum Gasteiger partial charge on any atom is 0.335 e. The smallest absolute Gasteiger partial charge is 0.335 e. The Labute approximate surface area is 249 Å². The maximum atomic E-state index is 13.1. The van der Waals surface area contributed by atoms with E-state index in [1.54, 1.807) is 12.1 Å². The highest BCUT2D eigenvalue weighted by molar-refractivity contribution is 5.97. The highest BCUT2D eigenvalue weighted by atomic mass is 16.5. The second-order valence-corrected chi connectivity index (χ2v) is 11.2. The standard InChI is InChI=1S/C36H44N2O4/c1-4-6-9-14-26(3)35-31-22-19-28(36(40)41)23-33(31)38(24-34(39)37-29-20-21-29)32(35)18-12-17-30(13-5-2)42-25-27-15-10-7-8-11-16-27/h5,7-8,10-13,15,17-19,22-23,26,29H,4,6,9,14,16,20-21,24-25H2,1-3H3,(H,37,39)(H,40,41)/b13-5-,18-12+,30-17+. The normalized spacial score (nSPS) is 16.3. The Morgan fingerprint density at radius 1 is 1.19 bits per heavy atom. The van der Waals surface area contributed by atoms with Crippen molar-refractivity contribution in [3.05, 3.63) is 101 Å². The lowest BCUT2D eigenvalue weighted by atomic mass is 9.92. The summed E-state index contributed by atoms with van der Waals surface area (Å²) in [6.07, 6.45) is 27.5. The molecule has 222 valence electrons. The molecule has 1 amide bonds. The van der Waals surface area contributed by atoms with Crippen LogP contribution in [0.4, 0.5) is 0 Å². The molecule has 1 aromatic carbocycles. The van der Waals surface area contributed by atoms with E-state index in [0.29, 0.717) is 6.61 Å². The molecule has 1 saturated carbocycles. The topological polar surface area (TPSA) is 80.6 Å².